The molecule has 10 heteroatoms. The van der Waals surface area contributed by atoms with E-state index in [4.69, 9.17) is 18.9 Å². The van der Waals surface area contributed by atoms with Crippen LogP contribution in [0, 0.1) is 0 Å². The van der Waals surface area contributed by atoms with Crippen LogP contribution in [-0.4, -0.2) is 49.3 Å². The molecule has 1 amide bonds. The van der Waals surface area contributed by atoms with Crippen molar-refractivity contribution in [2.75, 3.05) is 44.6 Å². The summed E-state index contributed by atoms with van der Waals surface area (Å²) in [5.74, 6) is 0.951. The lowest BCUT2D eigenvalue weighted by atomic mass is 10.2. The van der Waals surface area contributed by atoms with Gasteiger partial charge in [-0.1, -0.05) is 18.2 Å². The Bertz CT molecular complexity index is 1250. The minimum absolute atomic E-state index is 0.0200. The van der Waals surface area contributed by atoms with Crippen LogP contribution >= 0.6 is 0 Å². The lowest BCUT2D eigenvalue weighted by Crippen LogP contribution is -2.38. The zero-order chi connectivity index (χ0) is 24.7. The van der Waals surface area contributed by atoms with Crippen LogP contribution in [0.3, 0.4) is 0 Å². The third-order valence-corrected chi connectivity index (χ3v) is 6.73. The average Bonchev–Trinajstić information content (AvgIpc) is 2.87. The Kier molecular flexibility index (Phi) is 7.85. The number of benzene rings is 3. The van der Waals surface area contributed by atoms with E-state index in [1.54, 1.807) is 48.5 Å². The van der Waals surface area contributed by atoms with E-state index >= 15 is 0 Å². The number of rotatable bonds is 10. The molecule has 0 spiro atoms. The third-order valence-electron chi connectivity index (χ3n) is 4.95. The number of hydrogen-bond acceptors (Lipinski definition) is 7. The van der Waals surface area contributed by atoms with Gasteiger partial charge in [0.25, 0.3) is 10.0 Å². The highest BCUT2D eigenvalue weighted by Gasteiger charge is 2.30. The van der Waals surface area contributed by atoms with E-state index in [1.165, 1.54) is 46.6 Å². The normalized spacial score (nSPS) is 10.8. The largest absolute Gasteiger partial charge is 0.497 e. The summed E-state index contributed by atoms with van der Waals surface area (Å²) < 4.78 is 49.4. The molecule has 0 atom stereocenters. The van der Waals surface area contributed by atoms with Crippen molar-refractivity contribution in [3.05, 3.63) is 66.7 Å². The molecule has 0 radical (unpaired) electrons. The van der Waals surface area contributed by atoms with Gasteiger partial charge < -0.3 is 24.3 Å². The number of methoxy groups -OCH3 is 4. The molecule has 0 aliphatic heterocycles. The van der Waals surface area contributed by atoms with Crippen molar-refractivity contribution in [1.29, 1.82) is 0 Å². The molecule has 0 fully saturated rings. The molecular formula is C24H26N2O7S. The molecule has 3 aromatic rings. The predicted molar refractivity (Wildman–Crippen MR) is 129 cm³/mol. The second kappa shape index (κ2) is 10.8. The van der Waals surface area contributed by atoms with Crippen molar-refractivity contribution in [2.45, 2.75) is 4.90 Å². The van der Waals surface area contributed by atoms with Crippen LogP contribution in [0.2, 0.25) is 0 Å². The van der Waals surface area contributed by atoms with Gasteiger partial charge in [0.05, 0.1) is 44.7 Å². The minimum Gasteiger partial charge on any atom is -0.497 e. The van der Waals surface area contributed by atoms with Crippen molar-refractivity contribution >= 4 is 27.3 Å². The number of carbonyl (C=O) groups is 1. The molecule has 3 rings (SSSR count). The molecular weight excluding hydrogens is 460 g/mol. The first kappa shape index (κ1) is 24.7. The zero-order valence-electron chi connectivity index (χ0n) is 19.3. The summed E-state index contributed by atoms with van der Waals surface area (Å²) in [6.45, 7) is -0.541. The van der Waals surface area contributed by atoms with Gasteiger partial charge >= 0.3 is 0 Å². The van der Waals surface area contributed by atoms with Crippen molar-refractivity contribution in [3.8, 4) is 23.0 Å². The van der Waals surface area contributed by atoms with Gasteiger partial charge in [-0.2, -0.15) is 0 Å². The lowest BCUT2D eigenvalue weighted by molar-refractivity contribution is -0.114. The Labute approximate surface area is 198 Å². The number of hydrogen-bond donors (Lipinski definition) is 1. The van der Waals surface area contributed by atoms with Gasteiger partial charge in [-0.3, -0.25) is 9.10 Å². The van der Waals surface area contributed by atoms with Gasteiger partial charge in [-0.25, -0.2) is 8.42 Å². The number of nitrogens with one attached hydrogen (secondary N) is 1. The highest BCUT2D eigenvalue weighted by atomic mass is 32.2. The summed E-state index contributed by atoms with van der Waals surface area (Å²) >= 11 is 0. The van der Waals surface area contributed by atoms with E-state index in [0.717, 1.165) is 4.31 Å². The molecule has 0 unspecified atom stereocenters. The van der Waals surface area contributed by atoms with Crippen molar-refractivity contribution in [1.82, 2.24) is 0 Å². The van der Waals surface area contributed by atoms with Crippen molar-refractivity contribution in [3.63, 3.8) is 0 Å². The maximum absolute atomic E-state index is 13.6. The molecule has 0 bridgehead atoms. The number of ether oxygens (including phenoxy) is 4. The average molecular weight is 487 g/mol. The molecule has 1 N–H and O–H groups in total. The standard InChI is InChI=1S/C24H26N2O7S/c1-30-17-10-12-22(32-3)20(14-17)25-24(27)16-26(34(28,29)19-8-6-5-7-9-19)21-15-18(31-2)11-13-23(21)33-4/h5-15H,16H2,1-4H3,(H,25,27). The summed E-state index contributed by atoms with van der Waals surface area (Å²) in [7, 11) is 1.69. The summed E-state index contributed by atoms with van der Waals surface area (Å²) in [6, 6.07) is 17.4. The molecule has 0 aliphatic rings. The van der Waals surface area contributed by atoms with Gasteiger partial charge in [-0.05, 0) is 36.4 Å². The molecule has 0 saturated carbocycles. The highest BCUT2D eigenvalue weighted by molar-refractivity contribution is 7.92. The smallest absolute Gasteiger partial charge is 0.264 e. The van der Waals surface area contributed by atoms with Crippen LogP contribution in [0.4, 0.5) is 11.4 Å². The quantitative estimate of drug-likeness (QED) is 0.467. The van der Waals surface area contributed by atoms with E-state index < -0.39 is 22.5 Å². The van der Waals surface area contributed by atoms with Crippen LogP contribution in [0.25, 0.3) is 0 Å². The molecule has 0 heterocycles. The maximum atomic E-state index is 13.6. The Hall–Kier alpha value is -3.92. The fourth-order valence-corrected chi connectivity index (χ4v) is 4.69. The Morgan fingerprint density at radius 3 is 1.97 bits per heavy atom. The van der Waals surface area contributed by atoms with Crippen LogP contribution in [0.15, 0.2) is 71.6 Å². The van der Waals surface area contributed by atoms with E-state index in [2.05, 4.69) is 5.32 Å². The van der Waals surface area contributed by atoms with Gasteiger partial charge in [0, 0.05) is 12.1 Å². The molecule has 34 heavy (non-hydrogen) atoms. The van der Waals surface area contributed by atoms with Gasteiger partial charge in [0.15, 0.2) is 0 Å². The minimum atomic E-state index is -4.15. The summed E-state index contributed by atoms with van der Waals surface area (Å²) in [5.41, 5.74) is 0.486. The number of amides is 1. The Morgan fingerprint density at radius 2 is 1.38 bits per heavy atom. The van der Waals surface area contributed by atoms with Crippen molar-refractivity contribution < 1.29 is 32.2 Å². The van der Waals surface area contributed by atoms with Crippen LogP contribution < -0.4 is 28.6 Å². The fraction of sp³-hybridized carbons (Fsp3) is 0.208. The third kappa shape index (κ3) is 5.34. The van der Waals surface area contributed by atoms with Crippen molar-refractivity contribution in [2.24, 2.45) is 0 Å². The van der Waals surface area contributed by atoms with Crippen LogP contribution in [0.5, 0.6) is 23.0 Å². The van der Waals surface area contributed by atoms with Crippen LogP contribution in [-0.2, 0) is 14.8 Å². The van der Waals surface area contributed by atoms with E-state index in [-0.39, 0.29) is 16.3 Å². The lowest BCUT2D eigenvalue weighted by Gasteiger charge is -2.26. The monoisotopic (exact) mass is 486 g/mol. The number of nitrogens with zero attached hydrogens (tertiary/aromatic N) is 1. The molecule has 0 aromatic heterocycles. The van der Waals surface area contributed by atoms with Gasteiger partial charge in [-0.15, -0.1) is 0 Å². The Balaban J connectivity index is 2.05. The Morgan fingerprint density at radius 1 is 0.794 bits per heavy atom. The predicted octanol–water partition coefficient (Wildman–Crippen LogP) is 3.56. The zero-order valence-corrected chi connectivity index (χ0v) is 20.1. The fourth-order valence-electron chi connectivity index (χ4n) is 3.24. The number of anilines is 2. The van der Waals surface area contributed by atoms with Crippen LogP contribution in [0.1, 0.15) is 0 Å². The molecule has 9 nitrogen and oxygen atoms in total. The highest BCUT2D eigenvalue weighted by Crippen LogP contribution is 2.36. The summed E-state index contributed by atoms with van der Waals surface area (Å²) in [6.07, 6.45) is 0. The summed E-state index contributed by atoms with van der Waals surface area (Å²) in [5, 5.41) is 2.70. The first-order valence-electron chi connectivity index (χ1n) is 10.2. The van der Waals surface area contributed by atoms with Gasteiger partial charge in [0.2, 0.25) is 5.91 Å². The second-order valence-corrected chi connectivity index (χ2v) is 8.84. The van der Waals surface area contributed by atoms with E-state index in [1.807, 2.05) is 0 Å². The first-order valence-corrected chi connectivity index (χ1v) is 11.6. The van der Waals surface area contributed by atoms with Gasteiger partial charge in [0.1, 0.15) is 29.5 Å². The maximum Gasteiger partial charge on any atom is 0.264 e. The van der Waals surface area contributed by atoms with E-state index in [9.17, 15) is 13.2 Å². The summed E-state index contributed by atoms with van der Waals surface area (Å²) in [4.78, 5) is 13.1. The first-order chi connectivity index (χ1) is 16.3. The molecule has 3 aromatic carbocycles. The molecule has 180 valence electrons. The second-order valence-electron chi connectivity index (χ2n) is 6.98. The topological polar surface area (TPSA) is 103 Å². The number of sulfonamides is 1. The molecule has 0 aliphatic carbocycles. The molecule has 0 saturated heterocycles. The van der Waals surface area contributed by atoms with E-state index in [0.29, 0.717) is 22.9 Å². The SMILES string of the molecule is COc1ccc(OC)c(NC(=O)CN(c2cc(OC)ccc2OC)S(=O)(=O)c2ccccc2)c1. The number of carbonyl (C=O) groups excluding carboxylic acids is 1.